The number of carbonyl (C=O) groups excluding carboxylic acids is 1. The summed E-state index contributed by atoms with van der Waals surface area (Å²) in [7, 11) is 0. The van der Waals surface area contributed by atoms with Crippen LogP contribution in [0.2, 0.25) is 0 Å². The van der Waals surface area contributed by atoms with Crippen molar-refractivity contribution in [3.63, 3.8) is 0 Å². The van der Waals surface area contributed by atoms with Crippen LogP contribution in [0.25, 0.3) is 11.1 Å². The van der Waals surface area contributed by atoms with Gasteiger partial charge in [0, 0.05) is 0 Å². The first-order valence-corrected chi connectivity index (χ1v) is 7.47. The lowest BCUT2D eigenvalue weighted by Gasteiger charge is -2.23. The zero-order chi connectivity index (χ0) is 14.8. The largest absolute Gasteiger partial charge is 0.461 e. The maximum atomic E-state index is 12.3. The normalized spacial score (nSPS) is 17.8. The Labute approximate surface area is 122 Å². The summed E-state index contributed by atoms with van der Waals surface area (Å²) in [6, 6.07) is 6.41. The molecule has 0 saturated heterocycles. The van der Waals surface area contributed by atoms with Gasteiger partial charge in [0.15, 0.2) is 5.58 Å². The number of aromatic nitrogens is 1. The summed E-state index contributed by atoms with van der Waals surface area (Å²) in [4.78, 5) is 24.2. The molecule has 0 bridgehead atoms. The number of oxazole rings is 1. The van der Waals surface area contributed by atoms with Crippen molar-refractivity contribution in [1.82, 2.24) is 4.57 Å². The Morgan fingerprint density at radius 2 is 2.00 bits per heavy atom. The molecule has 1 fully saturated rings. The van der Waals surface area contributed by atoms with E-state index in [0.717, 1.165) is 25.7 Å². The van der Waals surface area contributed by atoms with E-state index in [2.05, 4.69) is 0 Å². The molecule has 1 atom stereocenters. The summed E-state index contributed by atoms with van der Waals surface area (Å²) >= 11 is 0. The van der Waals surface area contributed by atoms with Gasteiger partial charge in [0.2, 0.25) is 0 Å². The SMILES string of the molecule is CC(C(=O)OC1CCCCC1)n1c(=O)oc2ccccc21. The van der Waals surface area contributed by atoms with Crippen LogP contribution in [0, 0.1) is 0 Å². The standard InChI is InChI=1S/C16H19NO4/c1-11(15(18)20-12-7-3-2-4-8-12)17-13-9-5-6-10-14(13)21-16(17)19/h5-6,9-12H,2-4,7-8H2,1H3. The van der Waals surface area contributed by atoms with Crippen LogP contribution in [0.5, 0.6) is 0 Å². The Kier molecular flexibility index (Phi) is 3.82. The first-order valence-electron chi connectivity index (χ1n) is 7.47. The summed E-state index contributed by atoms with van der Waals surface area (Å²) in [5, 5.41) is 0. The highest BCUT2D eigenvalue weighted by Gasteiger charge is 2.25. The van der Waals surface area contributed by atoms with E-state index in [4.69, 9.17) is 9.15 Å². The molecule has 112 valence electrons. The Morgan fingerprint density at radius 3 is 2.76 bits per heavy atom. The molecular formula is C16H19NO4. The quantitative estimate of drug-likeness (QED) is 0.815. The lowest BCUT2D eigenvalue weighted by Crippen LogP contribution is -2.30. The van der Waals surface area contributed by atoms with Gasteiger partial charge < -0.3 is 9.15 Å². The van der Waals surface area contributed by atoms with Crippen LogP contribution in [0.1, 0.15) is 45.1 Å². The van der Waals surface area contributed by atoms with Crippen LogP contribution in [0.3, 0.4) is 0 Å². The molecule has 0 spiro atoms. The topological polar surface area (TPSA) is 61.4 Å². The molecule has 1 saturated carbocycles. The maximum absolute atomic E-state index is 12.3. The van der Waals surface area contributed by atoms with Crippen molar-refractivity contribution < 1.29 is 13.9 Å². The first-order chi connectivity index (χ1) is 10.2. The van der Waals surface area contributed by atoms with Gasteiger partial charge in [0.1, 0.15) is 12.1 Å². The van der Waals surface area contributed by atoms with Crippen molar-refractivity contribution in [2.24, 2.45) is 0 Å². The number of hydrogen-bond donors (Lipinski definition) is 0. The van der Waals surface area contributed by atoms with Crippen LogP contribution in [-0.4, -0.2) is 16.6 Å². The molecule has 1 aromatic carbocycles. The van der Waals surface area contributed by atoms with Crippen LogP contribution in [0.4, 0.5) is 0 Å². The highest BCUT2D eigenvalue weighted by molar-refractivity contribution is 5.79. The zero-order valence-corrected chi connectivity index (χ0v) is 12.1. The molecule has 21 heavy (non-hydrogen) atoms. The van der Waals surface area contributed by atoms with Crippen LogP contribution < -0.4 is 5.76 Å². The monoisotopic (exact) mass is 289 g/mol. The number of nitrogens with zero attached hydrogens (tertiary/aromatic N) is 1. The lowest BCUT2D eigenvalue weighted by atomic mass is 9.98. The van der Waals surface area contributed by atoms with Gasteiger partial charge in [0.05, 0.1) is 5.52 Å². The van der Waals surface area contributed by atoms with Crippen LogP contribution in [-0.2, 0) is 9.53 Å². The number of ether oxygens (including phenoxy) is 1. The predicted molar refractivity (Wildman–Crippen MR) is 78.2 cm³/mol. The van der Waals surface area contributed by atoms with Gasteiger partial charge in [-0.25, -0.2) is 9.59 Å². The van der Waals surface area contributed by atoms with Gasteiger partial charge in [-0.2, -0.15) is 0 Å². The Balaban J connectivity index is 1.82. The number of fused-ring (bicyclic) bond motifs is 1. The average molecular weight is 289 g/mol. The average Bonchev–Trinajstić information content (AvgIpc) is 2.83. The van der Waals surface area contributed by atoms with E-state index in [1.807, 2.05) is 6.07 Å². The molecule has 0 amide bonds. The molecule has 0 N–H and O–H groups in total. The van der Waals surface area contributed by atoms with E-state index < -0.39 is 11.8 Å². The van der Waals surface area contributed by atoms with Crippen LogP contribution >= 0.6 is 0 Å². The second kappa shape index (κ2) is 5.76. The molecular weight excluding hydrogens is 270 g/mol. The second-order valence-corrected chi connectivity index (χ2v) is 5.58. The minimum absolute atomic E-state index is 0.0115. The fraction of sp³-hybridized carbons (Fsp3) is 0.500. The third kappa shape index (κ3) is 2.73. The molecule has 5 nitrogen and oxygen atoms in total. The van der Waals surface area contributed by atoms with Crippen molar-refractivity contribution >= 4 is 17.1 Å². The molecule has 1 aliphatic carbocycles. The number of rotatable bonds is 3. The summed E-state index contributed by atoms with van der Waals surface area (Å²) in [5.74, 6) is -0.889. The minimum atomic E-state index is -0.678. The number of benzene rings is 1. The third-order valence-corrected chi connectivity index (χ3v) is 4.08. The highest BCUT2D eigenvalue weighted by atomic mass is 16.5. The van der Waals surface area contributed by atoms with E-state index in [1.165, 1.54) is 11.0 Å². The summed E-state index contributed by atoms with van der Waals surface area (Å²) in [6.07, 6.45) is 5.22. The lowest BCUT2D eigenvalue weighted by molar-refractivity contribution is -0.154. The second-order valence-electron chi connectivity index (χ2n) is 5.58. The molecule has 3 rings (SSSR count). The highest BCUT2D eigenvalue weighted by Crippen LogP contribution is 2.23. The van der Waals surface area contributed by atoms with Gasteiger partial charge in [0.25, 0.3) is 0 Å². The van der Waals surface area contributed by atoms with Crippen molar-refractivity contribution in [3.8, 4) is 0 Å². The molecule has 5 heteroatoms. The molecule has 0 aliphatic heterocycles. The first kappa shape index (κ1) is 13.9. The summed E-state index contributed by atoms with van der Waals surface area (Å²) in [6.45, 7) is 1.68. The Bertz CT molecular complexity index is 694. The molecule has 1 aliphatic rings. The van der Waals surface area contributed by atoms with Crippen molar-refractivity contribution in [3.05, 3.63) is 34.8 Å². The van der Waals surface area contributed by atoms with E-state index in [0.29, 0.717) is 11.1 Å². The summed E-state index contributed by atoms with van der Waals surface area (Å²) < 4.78 is 12.1. The molecule has 1 aromatic heterocycles. The zero-order valence-electron chi connectivity index (χ0n) is 12.1. The smallest absolute Gasteiger partial charge is 0.420 e. The third-order valence-electron chi connectivity index (χ3n) is 4.08. The Hall–Kier alpha value is -2.04. The van der Waals surface area contributed by atoms with Crippen molar-refractivity contribution in [1.29, 1.82) is 0 Å². The number of hydrogen-bond acceptors (Lipinski definition) is 4. The van der Waals surface area contributed by atoms with E-state index >= 15 is 0 Å². The van der Waals surface area contributed by atoms with E-state index in [-0.39, 0.29) is 12.1 Å². The number of para-hydroxylation sites is 2. The summed E-state index contributed by atoms with van der Waals surface area (Å²) in [5.41, 5.74) is 1.11. The maximum Gasteiger partial charge on any atom is 0.420 e. The minimum Gasteiger partial charge on any atom is -0.461 e. The number of esters is 1. The van der Waals surface area contributed by atoms with Gasteiger partial charge in [-0.1, -0.05) is 18.6 Å². The molecule has 2 aromatic rings. The van der Waals surface area contributed by atoms with Crippen LogP contribution in [0.15, 0.2) is 33.5 Å². The number of carbonyl (C=O) groups is 1. The molecule has 0 radical (unpaired) electrons. The Morgan fingerprint density at radius 1 is 1.29 bits per heavy atom. The predicted octanol–water partition coefficient (Wildman–Crippen LogP) is 3.03. The van der Waals surface area contributed by atoms with Gasteiger partial charge >= 0.3 is 11.7 Å². The van der Waals surface area contributed by atoms with Gasteiger partial charge in [-0.3, -0.25) is 4.57 Å². The van der Waals surface area contributed by atoms with E-state index in [1.54, 1.807) is 25.1 Å². The van der Waals surface area contributed by atoms with Crippen molar-refractivity contribution in [2.45, 2.75) is 51.2 Å². The van der Waals surface area contributed by atoms with Crippen molar-refractivity contribution in [2.75, 3.05) is 0 Å². The van der Waals surface area contributed by atoms with E-state index in [9.17, 15) is 9.59 Å². The fourth-order valence-corrected chi connectivity index (χ4v) is 2.90. The van der Waals surface area contributed by atoms with Gasteiger partial charge in [-0.05, 0) is 44.7 Å². The molecule has 1 unspecified atom stereocenters. The van der Waals surface area contributed by atoms with Gasteiger partial charge in [-0.15, -0.1) is 0 Å². The fourth-order valence-electron chi connectivity index (χ4n) is 2.90. The molecule has 1 heterocycles.